The molecular formula is C16H18FN3O3S. The molecule has 2 heterocycles. The molecule has 0 bridgehead atoms. The minimum Gasteiger partial charge on any atom is -0.336 e. The summed E-state index contributed by atoms with van der Waals surface area (Å²) < 4.78 is 37.8. The lowest BCUT2D eigenvalue weighted by atomic mass is 10.1. The Balaban J connectivity index is 1.84. The number of sulfone groups is 1. The summed E-state index contributed by atoms with van der Waals surface area (Å²) in [5.41, 5.74) is 1.67. The number of nitrogens with zero attached hydrogens (tertiary/aromatic N) is 3. The Kier molecular flexibility index (Phi) is 4.16. The van der Waals surface area contributed by atoms with Gasteiger partial charge in [-0.2, -0.15) is 5.10 Å². The monoisotopic (exact) mass is 351 g/mol. The maximum atomic E-state index is 13.0. The summed E-state index contributed by atoms with van der Waals surface area (Å²) in [6.07, 6.45) is 0.447. The molecule has 1 aromatic heterocycles. The normalized spacial score (nSPS) is 19.4. The van der Waals surface area contributed by atoms with Gasteiger partial charge in [0.05, 0.1) is 17.2 Å². The first-order chi connectivity index (χ1) is 11.3. The van der Waals surface area contributed by atoms with Gasteiger partial charge in [0.2, 0.25) is 0 Å². The molecule has 1 fully saturated rings. The van der Waals surface area contributed by atoms with Gasteiger partial charge in [0.1, 0.15) is 5.82 Å². The molecule has 24 heavy (non-hydrogen) atoms. The molecule has 0 spiro atoms. The lowest BCUT2D eigenvalue weighted by Gasteiger charge is -2.22. The molecule has 1 saturated heterocycles. The fourth-order valence-electron chi connectivity index (χ4n) is 2.89. The van der Waals surface area contributed by atoms with Gasteiger partial charge in [-0.05, 0) is 42.3 Å². The third-order valence-corrected chi connectivity index (χ3v) is 6.07. The van der Waals surface area contributed by atoms with Crippen LogP contribution in [-0.4, -0.2) is 53.6 Å². The number of carbonyl (C=O) groups excluding carboxylic acids is 1. The van der Waals surface area contributed by atoms with Crippen LogP contribution in [0.15, 0.2) is 30.3 Å². The number of halogens is 1. The van der Waals surface area contributed by atoms with Crippen LogP contribution in [0.1, 0.15) is 16.9 Å². The number of aromatic nitrogens is 2. The maximum absolute atomic E-state index is 13.0. The van der Waals surface area contributed by atoms with Crippen molar-refractivity contribution >= 4 is 15.7 Å². The topological polar surface area (TPSA) is 72.3 Å². The van der Waals surface area contributed by atoms with Crippen molar-refractivity contribution in [2.75, 3.05) is 18.6 Å². The molecule has 1 aliphatic rings. The van der Waals surface area contributed by atoms with Crippen molar-refractivity contribution < 1.29 is 17.6 Å². The molecule has 1 aliphatic heterocycles. The SMILES string of the molecule is CN(C(=O)c1cc(-c2ccc(F)cc2)n(C)n1)C1CCS(=O)(=O)C1. The van der Waals surface area contributed by atoms with Gasteiger partial charge in [0.15, 0.2) is 15.5 Å². The van der Waals surface area contributed by atoms with E-state index in [2.05, 4.69) is 5.10 Å². The molecule has 0 saturated carbocycles. The van der Waals surface area contributed by atoms with Crippen LogP contribution in [0, 0.1) is 5.82 Å². The van der Waals surface area contributed by atoms with Crippen molar-refractivity contribution in [3.63, 3.8) is 0 Å². The van der Waals surface area contributed by atoms with Gasteiger partial charge in [0, 0.05) is 20.1 Å². The van der Waals surface area contributed by atoms with Crippen LogP contribution in [0.2, 0.25) is 0 Å². The van der Waals surface area contributed by atoms with Crippen molar-refractivity contribution in [1.82, 2.24) is 14.7 Å². The minimum absolute atomic E-state index is 0.00705. The lowest BCUT2D eigenvalue weighted by molar-refractivity contribution is 0.0741. The number of carbonyl (C=O) groups is 1. The van der Waals surface area contributed by atoms with Gasteiger partial charge in [-0.1, -0.05) is 0 Å². The van der Waals surface area contributed by atoms with Crippen LogP contribution in [0.25, 0.3) is 11.3 Å². The van der Waals surface area contributed by atoms with E-state index < -0.39 is 9.84 Å². The van der Waals surface area contributed by atoms with Crippen LogP contribution in [0.5, 0.6) is 0 Å². The van der Waals surface area contributed by atoms with Crippen LogP contribution in [0.4, 0.5) is 4.39 Å². The van der Waals surface area contributed by atoms with Gasteiger partial charge in [-0.15, -0.1) is 0 Å². The maximum Gasteiger partial charge on any atom is 0.274 e. The Bertz CT molecular complexity index is 874. The predicted octanol–water partition coefficient (Wildman–Crippen LogP) is 1.49. The van der Waals surface area contributed by atoms with Crippen molar-refractivity contribution in [2.24, 2.45) is 7.05 Å². The summed E-state index contributed by atoms with van der Waals surface area (Å²) in [6, 6.07) is 7.24. The fourth-order valence-corrected chi connectivity index (χ4v) is 4.66. The summed E-state index contributed by atoms with van der Waals surface area (Å²) in [6.45, 7) is 0. The smallest absolute Gasteiger partial charge is 0.274 e. The van der Waals surface area contributed by atoms with Crippen LogP contribution in [-0.2, 0) is 16.9 Å². The highest BCUT2D eigenvalue weighted by molar-refractivity contribution is 7.91. The molecule has 8 heteroatoms. The molecule has 0 N–H and O–H groups in total. The van der Waals surface area contributed by atoms with E-state index in [1.54, 1.807) is 37.0 Å². The van der Waals surface area contributed by atoms with Gasteiger partial charge < -0.3 is 4.90 Å². The molecule has 3 rings (SSSR count). The summed E-state index contributed by atoms with van der Waals surface area (Å²) in [5.74, 6) is -0.550. The van der Waals surface area contributed by atoms with E-state index >= 15 is 0 Å². The highest BCUT2D eigenvalue weighted by Gasteiger charge is 2.33. The first kappa shape index (κ1) is 16.6. The van der Waals surface area contributed by atoms with Crippen molar-refractivity contribution in [3.05, 3.63) is 41.8 Å². The van der Waals surface area contributed by atoms with Crippen molar-refractivity contribution in [2.45, 2.75) is 12.5 Å². The standard InChI is InChI=1S/C16H18FN3O3S/c1-19(13-7-8-24(22,23)10-13)16(21)14-9-15(20(2)18-14)11-3-5-12(17)6-4-11/h3-6,9,13H,7-8,10H2,1-2H3. The molecular weight excluding hydrogens is 333 g/mol. The molecule has 6 nitrogen and oxygen atoms in total. The highest BCUT2D eigenvalue weighted by atomic mass is 32.2. The average molecular weight is 351 g/mol. The van der Waals surface area contributed by atoms with E-state index in [1.165, 1.54) is 17.0 Å². The van der Waals surface area contributed by atoms with E-state index in [4.69, 9.17) is 0 Å². The minimum atomic E-state index is -3.06. The number of benzene rings is 1. The summed E-state index contributed by atoms with van der Waals surface area (Å²) in [7, 11) is 0.240. The lowest BCUT2D eigenvalue weighted by Crippen LogP contribution is -2.38. The number of hydrogen-bond acceptors (Lipinski definition) is 4. The Morgan fingerprint density at radius 3 is 2.58 bits per heavy atom. The third kappa shape index (κ3) is 3.19. The zero-order valence-corrected chi connectivity index (χ0v) is 14.3. The first-order valence-electron chi connectivity index (χ1n) is 7.54. The third-order valence-electron chi connectivity index (χ3n) is 4.32. The van der Waals surface area contributed by atoms with Crippen LogP contribution >= 0.6 is 0 Å². The number of amides is 1. The Hall–Kier alpha value is -2.22. The van der Waals surface area contributed by atoms with Crippen LogP contribution in [0.3, 0.4) is 0 Å². The molecule has 2 aromatic rings. The molecule has 1 amide bonds. The molecule has 1 atom stereocenters. The molecule has 1 aromatic carbocycles. The zero-order chi connectivity index (χ0) is 17.5. The quantitative estimate of drug-likeness (QED) is 0.840. The second kappa shape index (κ2) is 6.01. The van der Waals surface area contributed by atoms with Gasteiger partial charge in [-0.25, -0.2) is 12.8 Å². The second-order valence-electron chi connectivity index (χ2n) is 6.02. The van der Waals surface area contributed by atoms with Gasteiger partial charge in [-0.3, -0.25) is 9.48 Å². The largest absolute Gasteiger partial charge is 0.336 e. The van der Waals surface area contributed by atoms with Crippen LogP contribution < -0.4 is 0 Å². The van der Waals surface area contributed by atoms with E-state index in [0.717, 1.165) is 5.56 Å². The molecule has 1 unspecified atom stereocenters. The van der Waals surface area contributed by atoms with Gasteiger partial charge >= 0.3 is 0 Å². The Morgan fingerprint density at radius 1 is 1.33 bits per heavy atom. The van der Waals surface area contributed by atoms with Crippen molar-refractivity contribution in [3.8, 4) is 11.3 Å². The first-order valence-corrected chi connectivity index (χ1v) is 9.36. The molecule has 0 aliphatic carbocycles. The van der Waals surface area contributed by atoms with E-state index in [0.29, 0.717) is 12.1 Å². The number of aryl methyl sites for hydroxylation is 1. The summed E-state index contributed by atoms with van der Waals surface area (Å²) in [4.78, 5) is 14.0. The second-order valence-corrected chi connectivity index (χ2v) is 8.25. The number of hydrogen-bond donors (Lipinski definition) is 0. The fraction of sp³-hybridized carbons (Fsp3) is 0.375. The molecule has 0 radical (unpaired) electrons. The van der Waals surface area contributed by atoms with Crippen molar-refractivity contribution in [1.29, 1.82) is 0 Å². The summed E-state index contributed by atoms with van der Waals surface area (Å²) in [5, 5.41) is 4.22. The zero-order valence-electron chi connectivity index (χ0n) is 13.4. The number of rotatable bonds is 3. The van der Waals surface area contributed by atoms with Gasteiger partial charge in [0.25, 0.3) is 5.91 Å². The average Bonchev–Trinajstić information content (AvgIpc) is 3.09. The van der Waals surface area contributed by atoms with E-state index in [9.17, 15) is 17.6 Å². The highest BCUT2D eigenvalue weighted by Crippen LogP contribution is 2.22. The van der Waals surface area contributed by atoms with E-state index in [-0.39, 0.29) is 35.0 Å². The Labute approximate surface area is 139 Å². The predicted molar refractivity (Wildman–Crippen MR) is 87.8 cm³/mol. The van der Waals surface area contributed by atoms with E-state index in [1.807, 2.05) is 0 Å². The Morgan fingerprint density at radius 2 is 2.00 bits per heavy atom. The molecule has 128 valence electrons. The summed E-state index contributed by atoms with van der Waals surface area (Å²) >= 11 is 0.